The summed E-state index contributed by atoms with van der Waals surface area (Å²) in [5.74, 6) is -2.64. The third-order valence-corrected chi connectivity index (χ3v) is 3.53. The van der Waals surface area contributed by atoms with E-state index in [4.69, 9.17) is 4.74 Å². The number of rotatable bonds is 1. The first-order valence-corrected chi connectivity index (χ1v) is 6.39. The van der Waals surface area contributed by atoms with Crippen molar-refractivity contribution in [3.05, 3.63) is 35.3 Å². The number of Topliss-reactive ketones (excluding diaryl/α,β-unsaturated/α-hetero) is 1. The molecule has 0 saturated carbocycles. The van der Waals surface area contributed by atoms with Crippen LogP contribution in [0.15, 0.2) is 18.2 Å². The fourth-order valence-electron chi connectivity index (χ4n) is 2.67. The molecule has 3 rings (SSSR count). The van der Waals surface area contributed by atoms with Crippen LogP contribution >= 0.6 is 0 Å². The minimum atomic E-state index is -5.01. The molecule has 0 saturated heterocycles. The van der Waals surface area contributed by atoms with E-state index >= 15 is 0 Å². The maximum Gasteiger partial charge on any atom is 0.454 e. The van der Waals surface area contributed by atoms with Gasteiger partial charge in [0.25, 0.3) is 5.78 Å². The molecule has 0 amide bonds. The van der Waals surface area contributed by atoms with E-state index < -0.39 is 23.3 Å². The summed E-state index contributed by atoms with van der Waals surface area (Å²) >= 11 is 0. The van der Waals surface area contributed by atoms with E-state index in [1.807, 2.05) is 0 Å². The SMILES string of the molecule is O=C(c1c2n(c3ccc(F)cc13)CCCOC2)C(F)(F)F. The van der Waals surface area contributed by atoms with Crippen molar-refractivity contribution < 1.29 is 27.1 Å². The second kappa shape index (κ2) is 4.84. The number of aromatic nitrogens is 1. The van der Waals surface area contributed by atoms with Crippen molar-refractivity contribution in [3.63, 3.8) is 0 Å². The summed E-state index contributed by atoms with van der Waals surface area (Å²) in [5.41, 5.74) is 0.0822. The molecule has 2 heterocycles. The fraction of sp³-hybridized carbons (Fsp3) is 0.357. The quantitative estimate of drug-likeness (QED) is 0.597. The molecule has 0 unspecified atom stereocenters. The molecular formula is C14H11F4NO2. The molecule has 1 aliphatic rings. The van der Waals surface area contributed by atoms with Crippen molar-refractivity contribution in [1.82, 2.24) is 4.57 Å². The van der Waals surface area contributed by atoms with Gasteiger partial charge >= 0.3 is 6.18 Å². The molecule has 0 atom stereocenters. The molecule has 0 N–H and O–H groups in total. The Kier molecular flexibility index (Phi) is 3.24. The van der Waals surface area contributed by atoms with Gasteiger partial charge in [-0.05, 0) is 24.6 Å². The Morgan fingerprint density at radius 2 is 2.05 bits per heavy atom. The molecule has 0 radical (unpaired) electrons. The van der Waals surface area contributed by atoms with Gasteiger partial charge in [0.2, 0.25) is 0 Å². The molecule has 1 aromatic heterocycles. The average Bonchev–Trinajstić information content (AvgIpc) is 2.57. The lowest BCUT2D eigenvalue weighted by Crippen LogP contribution is -2.24. The first-order chi connectivity index (χ1) is 9.89. The van der Waals surface area contributed by atoms with Crippen molar-refractivity contribution in [1.29, 1.82) is 0 Å². The standard InChI is InChI=1S/C14H11F4NO2/c15-8-2-3-10-9(6-8)12(13(20)14(16,17)18)11-7-21-5-1-4-19(10)11/h2-3,6H,1,4-5,7H2. The number of ether oxygens (including phenoxy) is 1. The van der Waals surface area contributed by atoms with E-state index in [0.29, 0.717) is 25.1 Å². The highest BCUT2D eigenvalue weighted by Crippen LogP contribution is 2.34. The second-order valence-corrected chi connectivity index (χ2v) is 4.87. The third kappa shape index (κ3) is 2.31. The molecule has 112 valence electrons. The Morgan fingerprint density at radius 1 is 1.29 bits per heavy atom. The first-order valence-electron chi connectivity index (χ1n) is 6.39. The van der Waals surface area contributed by atoms with Gasteiger partial charge in [-0.25, -0.2) is 4.39 Å². The highest BCUT2D eigenvalue weighted by Gasteiger charge is 2.42. The van der Waals surface area contributed by atoms with Crippen molar-refractivity contribution in [2.45, 2.75) is 25.7 Å². The van der Waals surface area contributed by atoms with Crippen LogP contribution in [0.25, 0.3) is 10.9 Å². The van der Waals surface area contributed by atoms with Crippen molar-refractivity contribution >= 4 is 16.7 Å². The number of aryl methyl sites for hydroxylation is 1. The number of carbonyl (C=O) groups excluding carboxylic acids is 1. The molecule has 0 spiro atoms. The van der Waals surface area contributed by atoms with Crippen LogP contribution in [-0.4, -0.2) is 23.1 Å². The zero-order chi connectivity index (χ0) is 15.2. The number of benzene rings is 1. The van der Waals surface area contributed by atoms with Crippen molar-refractivity contribution in [2.75, 3.05) is 6.61 Å². The fourth-order valence-corrected chi connectivity index (χ4v) is 2.67. The molecule has 21 heavy (non-hydrogen) atoms. The van der Waals surface area contributed by atoms with Gasteiger partial charge in [-0.15, -0.1) is 0 Å². The summed E-state index contributed by atoms with van der Waals surface area (Å²) in [7, 11) is 0. The normalized spacial score (nSPS) is 15.8. The molecule has 1 aromatic carbocycles. The van der Waals surface area contributed by atoms with Crippen LogP contribution in [0, 0.1) is 5.82 Å². The van der Waals surface area contributed by atoms with Gasteiger partial charge in [-0.3, -0.25) is 4.79 Å². The lowest BCUT2D eigenvalue weighted by atomic mass is 10.1. The van der Waals surface area contributed by atoms with Crippen LogP contribution in [0.3, 0.4) is 0 Å². The smallest absolute Gasteiger partial charge is 0.375 e. The van der Waals surface area contributed by atoms with Crippen molar-refractivity contribution in [2.24, 2.45) is 0 Å². The summed E-state index contributed by atoms with van der Waals surface area (Å²) in [5, 5.41) is -0.0159. The highest BCUT2D eigenvalue weighted by molar-refractivity contribution is 6.12. The van der Waals surface area contributed by atoms with Crippen LogP contribution in [0.4, 0.5) is 17.6 Å². The second-order valence-electron chi connectivity index (χ2n) is 4.87. The lowest BCUT2D eigenvalue weighted by Gasteiger charge is -2.08. The Labute approximate surface area is 117 Å². The third-order valence-electron chi connectivity index (χ3n) is 3.53. The molecule has 1 aliphatic heterocycles. The zero-order valence-corrected chi connectivity index (χ0v) is 10.8. The number of hydrogen-bond donors (Lipinski definition) is 0. The van der Waals surface area contributed by atoms with E-state index in [1.165, 1.54) is 12.1 Å². The minimum absolute atomic E-state index is 0.0159. The van der Waals surface area contributed by atoms with E-state index in [0.717, 1.165) is 6.07 Å². The monoisotopic (exact) mass is 301 g/mol. The summed E-state index contributed by atoms with van der Waals surface area (Å²) in [4.78, 5) is 11.7. The Morgan fingerprint density at radius 3 is 2.76 bits per heavy atom. The highest BCUT2D eigenvalue weighted by atomic mass is 19.4. The van der Waals surface area contributed by atoms with E-state index in [1.54, 1.807) is 4.57 Å². The predicted molar refractivity (Wildman–Crippen MR) is 66.6 cm³/mol. The molecule has 3 nitrogen and oxygen atoms in total. The summed E-state index contributed by atoms with van der Waals surface area (Å²) < 4.78 is 58.7. The molecule has 0 aliphatic carbocycles. The largest absolute Gasteiger partial charge is 0.454 e. The molecule has 2 aromatic rings. The van der Waals surface area contributed by atoms with Gasteiger partial charge < -0.3 is 9.30 Å². The Bertz CT molecular complexity index is 718. The van der Waals surface area contributed by atoms with Crippen LogP contribution in [0.2, 0.25) is 0 Å². The van der Waals surface area contributed by atoms with Crippen LogP contribution in [0.5, 0.6) is 0 Å². The average molecular weight is 301 g/mol. The van der Waals surface area contributed by atoms with Gasteiger partial charge in [0.05, 0.1) is 17.9 Å². The van der Waals surface area contributed by atoms with Gasteiger partial charge in [0, 0.05) is 24.1 Å². The number of carbonyl (C=O) groups is 1. The number of ketones is 1. The molecule has 7 heteroatoms. The Hall–Kier alpha value is -1.89. The van der Waals surface area contributed by atoms with Gasteiger partial charge in [-0.2, -0.15) is 13.2 Å². The van der Waals surface area contributed by atoms with Gasteiger partial charge in [0.1, 0.15) is 5.82 Å². The lowest BCUT2D eigenvalue weighted by molar-refractivity contribution is -0.0885. The molecular weight excluding hydrogens is 290 g/mol. The van der Waals surface area contributed by atoms with E-state index in [-0.39, 0.29) is 17.7 Å². The Balaban J connectivity index is 2.33. The van der Waals surface area contributed by atoms with Gasteiger partial charge in [-0.1, -0.05) is 0 Å². The number of hydrogen-bond acceptors (Lipinski definition) is 2. The van der Waals surface area contributed by atoms with Crippen LogP contribution in [0.1, 0.15) is 22.5 Å². The number of halogens is 4. The summed E-state index contributed by atoms with van der Waals surface area (Å²) in [6, 6.07) is 3.53. The molecule has 0 bridgehead atoms. The van der Waals surface area contributed by atoms with E-state index in [9.17, 15) is 22.4 Å². The summed E-state index contributed by atoms with van der Waals surface area (Å²) in [6.07, 6.45) is -4.39. The number of fused-ring (bicyclic) bond motifs is 3. The maximum atomic E-state index is 13.4. The predicted octanol–water partition coefficient (Wildman–Crippen LogP) is 3.45. The van der Waals surface area contributed by atoms with Crippen molar-refractivity contribution in [3.8, 4) is 0 Å². The van der Waals surface area contributed by atoms with Crippen LogP contribution in [-0.2, 0) is 17.9 Å². The number of nitrogens with zero attached hydrogens (tertiary/aromatic N) is 1. The topological polar surface area (TPSA) is 31.2 Å². The van der Waals surface area contributed by atoms with Gasteiger partial charge in [0.15, 0.2) is 0 Å². The number of alkyl halides is 3. The summed E-state index contributed by atoms with van der Waals surface area (Å²) in [6.45, 7) is 0.750. The minimum Gasteiger partial charge on any atom is -0.375 e. The molecule has 0 fully saturated rings. The first kappa shape index (κ1) is 14.1. The zero-order valence-electron chi connectivity index (χ0n) is 10.8. The maximum absolute atomic E-state index is 13.4. The van der Waals surface area contributed by atoms with Crippen LogP contribution < -0.4 is 0 Å². The van der Waals surface area contributed by atoms with E-state index in [2.05, 4.69) is 0 Å².